The number of carbonyl (C=O) groups is 1. The zero-order chi connectivity index (χ0) is 21.0. The van der Waals surface area contributed by atoms with E-state index in [0.29, 0.717) is 5.75 Å². The molecule has 152 valence electrons. The molecule has 0 fully saturated rings. The molecule has 3 aromatic rings. The fourth-order valence-electron chi connectivity index (χ4n) is 2.56. The Balaban J connectivity index is 1.95. The first-order valence-corrected chi connectivity index (χ1v) is 11.0. The van der Waals surface area contributed by atoms with E-state index in [1.54, 1.807) is 35.7 Å². The number of rotatable bonds is 7. The molecule has 1 heterocycles. The van der Waals surface area contributed by atoms with Gasteiger partial charge in [-0.15, -0.1) is 11.3 Å². The summed E-state index contributed by atoms with van der Waals surface area (Å²) in [5.41, 5.74) is 0.464. The summed E-state index contributed by atoms with van der Waals surface area (Å²) in [4.78, 5) is 12.6. The van der Waals surface area contributed by atoms with E-state index in [1.165, 1.54) is 25.3 Å². The molecule has 0 spiro atoms. The first kappa shape index (κ1) is 21.1. The maximum Gasteiger partial charge on any atom is 0.274 e. The maximum atomic E-state index is 13.3. The topological polar surface area (TPSA) is 75.7 Å². The third-order valence-electron chi connectivity index (χ3n) is 3.88. The van der Waals surface area contributed by atoms with Crippen molar-refractivity contribution in [1.82, 2.24) is 0 Å². The highest BCUT2D eigenvalue weighted by Gasteiger charge is 2.30. The van der Waals surface area contributed by atoms with Gasteiger partial charge in [0.25, 0.3) is 10.0 Å². The highest BCUT2D eigenvalue weighted by atomic mass is 35.5. The number of anilines is 2. The number of nitrogens with one attached hydrogen (secondary N) is 1. The Labute approximate surface area is 176 Å². The lowest BCUT2D eigenvalue weighted by Gasteiger charge is -2.25. The normalized spacial score (nSPS) is 11.1. The molecule has 0 aliphatic carbocycles. The number of ether oxygens (including phenoxy) is 1. The van der Waals surface area contributed by atoms with Crippen molar-refractivity contribution in [3.05, 3.63) is 70.8 Å². The molecule has 2 aromatic carbocycles. The van der Waals surface area contributed by atoms with Crippen LogP contribution >= 0.6 is 22.9 Å². The minimum absolute atomic E-state index is 0.0843. The van der Waals surface area contributed by atoms with Crippen LogP contribution in [0.2, 0.25) is 5.02 Å². The average molecular weight is 455 g/mol. The van der Waals surface area contributed by atoms with Crippen molar-refractivity contribution >= 4 is 50.2 Å². The van der Waals surface area contributed by atoms with Crippen LogP contribution in [0.4, 0.5) is 15.8 Å². The zero-order valence-corrected chi connectivity index (χ0v) is 17.5. The second-order valence-corrected chi connectivity index (χ2v) is 9.24. The molecule has 1 aromatic heterocycles. The van der Waals surface area contributed by atoms with Gasteiger partial charge in [0.2, 0.25) is 5.91 Å². The summed E-state index contributed by atoms with van der Waals surface area (Å²) in [5.74, 6) is -0.954. The van der Waals surface area contributed by atoms with Crippen LogP contribution in [0.15, 0.2) is 64.2 Å². The van der Waals surface area contributed by atoms with Gasteiger partial charge >= 0.3 is 0 Å². The number of hydrogen-bond acceptors (Lipinski definition) is 5. The number of para-hydroxylation sites is 2. The van der Waals surface area contributed by atoms with E-state index in [4.69, 9.17) is 16.3 Å². The first-order valence-electron chi connectivity index (χ1n) is 8.27. The standard InChI is InChI=1S/C19H16ClFN2O4S2/c1-27-17-6-3-2-5-16(17)23(29(25,26)19-7-4-10-28-19)12-18(24)22-13-8-9-15(21)14(20)11-13/h2-11H,12H2,1H3,(H,22,24). The predicted octanol–water partition coefficient (Wildman–Crippen LogP) is 4.38. The van der Waals surface area contributed by atoms with Gasteiger partial charge in [-0.3, -0.25) is 9.10 Å². The molecule has 0 saturated heterocycles. The third-order valence-corrected chi connectivity index (χ3v) is 7.31. The molecule has 0 bridgehead atoms. The molecule has 3 rings (SSSR count). The fourth-order valence-corrected chi connectivity index (χ4v) is 5.28. The van der Waals surface area contributed by atoms with E-state index in [-0.39, 0.29) is 20.6 Å². The van der Waals surface area contributed by atoms with Crippen LogP contribution in [0, 0.1) is 5.82 Å². The molecule has 0 aliphatic rings. The second-order valence-electron chi connectivity index (χ2n) is 5.79. The monoisotopic (exact) mass is 454 g/mol. The van der Waals surface area contributed by atoms with Gasteiger partial charge in [-0.25, -0.2) is 12.8 Å². The van der Waals surface area contributed by atoms with E-state index in [0.717, 1.165) is 21.7 Å². The number of sulfonamides is 1. The second kappa shape index (κ2) is 8.81. The van der Waals surface area contributed by atoms with Crippen molar-refractivity contribution < 1.29 is 22.3 Å². The minimum atomic E-state index is -4.02. The largest absolute Gasteiger partial charge is 0.495 e. The molecule has 0 aliphatic heterocycles. The van der Waals surface area contributed by atoms with Gasteiger partial charge < -0.3 is 10.1 Å². The Morgan fingerprint density at radius 3 is 2.62 bits per heavy atom. The summed E-state index contributed by atoms with van der Waals surface area (Å²) in [6.45, 7) is -0.518. The lowest BCUT2D eigenvalue weighted by molar-refractivity contribution is -0.114. The van der Waals surface area contributed by atoms with E-state index in [2.05, 4.69) is 5.32 Å². The minimum Gasteiger partial charge on any atom is -0.495 e. The fraction of sp³-hybridized carbons (Fsp3) is 0.105. The van der Waals surface area contributed by atoms with Gasteiger partial charge in [0, 0.05) is 5.69 Å². The number of methoxy groups -OCH3 is 1. The molecule has 10 heteroatoms. The number of carbonyl (C=O) groups excluding carboxylic acids is 1. The van der Waals surface area contributed by atoms with Crippen molar-refractivity contribution in [2.45, 2.75) is 4.21 Å². The van der Waals surface area contributed by atoms with E-state index < -0.39 is 28.3 Å². The number of halogens is 2. The zero-order valence-electron chi connectivity index (χ0n) is 15.1. The molecule has 0 atom stereocenters. The Morgan fingerprint density at radius 1 is 1.21 bits per heavy atom. The lowest BCUT2D eigenvalue weighted by atomic mass is 10.3. The number of amides is 1. The highest BCUT2D eigenvalue weighted by Crippen LogP contribution is 2.33. The summed E-state index contributed by atoms with van der Waals surface area (Å²) in [7, 11) is -2.61. The van der Waals surface area contributed by atoms with Crippen LogP contribution in [-0.2, 0) is 14.8 Å². The van der Waals surface area contributed by atoms with Gasteiger partial charge in [-0.1, -0.05) is 29.8 Å². The van der Waals surface area contributed by atoms with Crippen LogP contribution in [0.5, 0.6) is 5.75 Å². The maximum absolute atomic E-state index is 13.3. The van der Waals surface area contributed by atoms with Crippen LogP contribution in [0.25, 0.3) is 0 Å². The molecule has 0 radical (unpaired) electrons. The van der Waals surface area contributed by atoms with E-state index in [9.17, 15) is 17.6 Å². The Hall–Kier alpha value is -2.62. The number of benzene rings is 2. The summed E-state index contributed by atoms with van der Waals surface area (Å²) in [5, 5.41) is 4.01. The number of nitrogens with zero attached hydrogens (tertiary/aromatic N) is 1. The van der Waals surface area contributed by atoms with Gasteiger partial charge in [-0.05, 0) is 41.8 Å². The Morgan fingerprint density at radius 2 is 1.97 bits per heavy atom. The lowest BCUT2D eigenvalue weighted by Crippen LogP contribution is -2.38. The molecule has 1 amide bonds. The molecule has 29 heavy (non-hydrogen) atoms. The summed E-state index contributed by atoms with van der Waals surface area (Å²) in [6.07, 6.45) is 0. The summed E-state index contributed by atoms with van der Waals surface area (Å²) in [6, 6.07) is 13.2. The van der Waals surface area contributed by atoms with Crippen molar-refractivity contribution in [1.29, 1.82) is 0 Å². The predicted molar refractivity (Wildman–Crippen MR) is 112 cm³/mol. The first-order chi connectivity index (χ1) is 13.8. The van der Waals surface area contributed by atoms with Crippen LogP contribution in [0.3, 0.4) is 0 Å². The van der Waals surface area contributed by atoms with Crippen LogP contribution in [-0.4, -0.2) is 28.0 Å². The molecular weight excluding hydrogens is 439 g/mol. The van der Waals surface area contributed by atoms with Crippen LogP contribution < -0.4 is 14.4 Å². The van der Waals surface area contributed by atoms with Crippen LogP contribution in [0.1, 0.15) is 0 Å². The average Bonchev–Trinajstić information content (AvgIpc) is 3.25. The van der Waals surface area contributed by atoms with Gasteiger partial charge in [-0.2, -0.15) is 0 Å². The molecular formula is C19H16ClFN2O4S2. The number of hydrogen-bond donors (Lipinski definition) is 1. The van der Waals surface area contributed by atoms with E-state index >= 15 is 0 Å². The third kappa shape index (κ3) is 4.69. The molecule has 1 N–H and O–H groups in total. The highest BCUT2D eigenvalue weighted by molar-refractivity contribution is 7.94. The van der Waals surface area contributed by atoms with Gasteiger partial charge in [0.05, 0.1) is 17.8 Å². The van der Waals surface area contributed by atoms with Crippen molar-refractivity contribution in [3.63, 3.8) is 0 Å². The Bertz CT molecular complexity index is 1120. The van der Waals surface area contributed by atoms with E-state index in [1.807, 2.05) is 0 Å². The van der Waals surface area contributed by atoms with Crippen molar-refractivity contribution in [2.24, 2.45) is 0 Å². The SMILES string of the molecule is COc1ccccc1N(CC(=O)Nc1ccc(F)c(Cl)c1)S(=O)(=O)c1cccs1. The van der Waals surface area contributed by atoms with Crippen molar-refractivity contribution in [2.75, 3.05) is 23.3 Å². The number of thiophene rings is 1. The van der Waals surface area contributed by atoms with Crippen molar-refractivity contribution in [3.8, 4) is 5.75 Å². The van der Waals surface area contributed by atoms with Gasteiger partial charge in [0.15, 0.2) is 0 Å². The summed E-state index contributed by atoms with van der Waals surface area (Å²) >= 11 is 6.77. The molecule has 0 unspecified atom stereocenters. The summed E-state index contributed by atoms with van der Waals surface area (Å²) < 4.78 is 46.0. The Kier molecular flexibility index (Phi) is 6.41. The quantitative estimate of drug-likeness (QED) is 0.574. The molecule has 0 saturated carbocycles. The molecule has 6 nitrogen and oxygen atoms in total. The smallest absolute Gasteiger partial charge is 0.274 e. The van der Waals surface area contributed by atoms with Gasteiger partial charge in [0.1, 0.15) is 22.3 Å².